The van der Waals surface area contributed by atoms with Crippen LogP contribution in [0.25, 0.3) is 0 Å². The van der Waals surface area contributed by atoms with E-state index in [1.807, 2.05) is 4.90 Å². The molecule has 0 saturated heterocycles. The summed E-state index contributed by atoms with van der Waals surface area (Å²) >= 11 is 5.78. The van der Waals surface area contributed by atoms with Crippen molar-refractivity contribution in [1.82, 2.24) is 4.90 Å². The molecule has 0 aliphatic heterocycles. The zero-order valence-corrected chi connectivity index (χ0v) is 11.7. The van der Waals surface area contributed by atoms with Crippen molar-refractivity contribution in [3.05, 3.63) is 29.3 Å². The zero-order chi connectivity index (χ0) is 13.4. The van der Waals surface area contributed by atoms with E-state index < -0.39 is 0 Å². The lowest BCUT2D eigenvalue weighted by Gasteiger charge is -2.21. The van der Waals surface area contributed by atoms with Gasteiger partial charge in [-0.05, 0) is 37.1 Å². The lowest BCUT2D eigenvalue weighted by molar-refractivity contribution is -0.133. The van der Waals surface area contributed by atoms with E-state index in [0.717, 1.165) is 25.9 Å². The van der Waals surface area contributed by atoms with Crippen molar-refractivity contribution in [3.63, 3.8) is 0 Å². The highest BCUT2D eigenvalue weighted by Crippen LogP contribution is 2.15. The molecule has 1 rings (SSSR count). The van der Waals surface area contributed by atoms with Crippen LogP contribution in [0.15, 0.2) is 24.3 Å². The van der Waals surface area contributed by atoms with Crippen LogP contribution < -0.4 is 4.74 Å². The van der Waals surface area contributed by atoms with Crippen LogP contribution in [0.2, 0.25) is 5.02 Å². The third-order valence-corrected chi connectivity index (χ3v) is 2.77. The van der Waals surface area contributed by atoms with Gasteiger partial charge in [-0.1, -0.05) is 25.4 Å². The molecule has 0 radical (unpaired) electrons. The predicted octanol–water partition coefficient (Wildman–Crippen LogP) is 3.37. The van der Waals surface area contributed by atoms with Gasteiger partial charge in [0.2, 0.25) is 0 Å². The number of carbonyl (C=O) groups excluding carboxylic acids is 1. The number of hydrogen-bond acceptors (Lipinski definition) is 2. The average molecular weight is 270 g/mol. The molecule has 0 aliphatic carbocycles. The standard InChI is InChI=1S/C14H20ClNO2/c1-3-9-16(10-4-2)14(17)11-18-13-7-5-12(15)6-8-13/h5-8H,3-4,9-11H2,1-2H3. The Morgan fingerprint density at radius 2 is 1.72 bits per heavy atom. The lowest BCUT2D eigenvalue weighted by atomic mass is 10.3. The van der Waals surface area contributed by atoms with Gasteiger partial charge in [0, 0.05) is 18.1 Å². The van der Waals surface area contributed by atoms with Crippen molar-refractivity contribution in [3.8, 4) is 5.75 Å². The number of halogens is 1. The number of ether oxygens (including phenoxy) is 1. The van der Waals surface area contributed by atoms with Gasteiger partial charge in [-0.15, -0.1) is 0 Å². The van der Waals surface area contributed by atoms with E-state index in [0.29, 0.717) is 10.8 Å². The van der Waals surface area contributed by atoms with Gasteiger partial charge in [0.15, 0.2) is 6.61 Å². The van der Waals surface area contributed by atoms with Crippen molar-refractivity contribution in [1.29, 1.82) is 0 Å². The van der Waals surface area contributed by atoms with Crippen LogP contribution in [0.1, 0.15) is 26.7 Å². The summed E-state index contributed by atoms with van der Waals surface area (Å²) in [6.07, 6.45) is 1.93. The highest BCUT2D eigenvalue weighted by Gasteiger charge is 2.12. The molecule has 0 fully saturated rings. The fraction of sp³-hybridized carbons (Fsp3) is 0.500. The predicted molar refractivity (Wildman–Crippen MR) is 74.1 cm³/mol. The first kappa shape index (κ1) is 14.8. The topological polar surface area (TPSA) is 29.5 Å². The average Bonchev–Trinajstić information content (AvgIpc) is 2.37. The van der Waals surface area contributed by atoms with E-state index in [-0.39, 0.29) is 12.5 Å². The Labute approximate surface area is 114 Å². The summed E-state index contributed by atoms with van der Waals surface area (Å²) < 4.78 is 5.45. The molecular formula is C14H20ClNO2. The smallest absolute Gasteiger partial charge is 0.260 e. The van der Waals surface area contributed by atoms with Gasteiger partial charge in [0.05, 0.1) is 0 Å². The molecule has 3 nitrogen and oxygen atoms in total. The second-order valence-corrected chi connectivity index (χ2v) is 4.56. The van der Waals surface area contributed by atoms with Gasteiger partial charge >= 0.3 is 0 Å². The van der Waals surface area contributed by atoms with Crippen molar-refractivity contribution < 1.29 is 9.53 Å². The summed E-state index contributed by atoms with van der Waals surface area (Å²) in [6, 6.07) is 7.02. The van der Waals surface area contributed by atoms with E-state index in [1.165, 1.54) is 0 Å². The summed E-state index contributed by atoms with van der Waals surface area (Å²) in [4.78, 5) is 13.8. The molecule has 1 aromatic rings. The van der Waals surface area contributed by atoms with Crippen LogP contribution in [0.4, 0.5) is 0 Å². The van der Waals surface area contributed by atoms with Crippen molar-refractivity contribution in [2.24, 2.45) is 0 Å². The number of rotatable bonds is 7. The summed E-state index contributed by atoms with van der Waals surface area (Å²) in [5.74, 6) is 0.703. The summed E-state index contributed by atoms with van der Waals surface area (Å²) in [5.41, 5.74) is 0. The van der Waals surface area contributed by atoms with Crippen LogP contribution in [-0.4, -0.2) is 30.5 Å². The van der Waals surface area contributed by atoms with Crippen LogP contribution >= 0.6 is 11.6 Å². The zero-order valence-electron chi connectivity index (χ0n) is 11.0. The molecule has 0 unspecified atom stereocenters. The van der Waals surface area contributed by atoms with Crippen LogP contribution in [0, 0.1) is 0 Å². The molecule has 0 spiro atoms. The van der Waals surface area contributed by atoms with Gasteiger partial charge in [0.25, 0.3) is 5.91 Å². The first-order chi connectivity index (χ1) is 8.67. The number of amides is 1. The molecule has 0 aromatic heterocycles. The summed E-state index contributed by atoms with van der Waals surface area (Å²) in [6.45, 7) is 5.79. The highest BCUT2D eigenvalue weighted by molar-refractivity contribution is 6.30. The van der Waals surface area contributed by atoms with Gasteiger partial charge in [-0.3, -0.25) is 4.79 Å². The fourth-order valence-electron chi connectivity index (χ4n) is 1.67. The lowest BCUT2D eigenvalue weighted by Crippen LogP contribution is -2.36. The molecule has 4 heteroatoms. The Hall–Kier alpha value is -1.22. The molecule has 0 N–H and O–H groups in total. The first-order valence-corrected chi connectivity index (χ1v) is 6.71. The minimum atomic E-state index is 0.0358. The molecule has 18 heavy (non-hydrogen) atoms. The second kappa shape index (κ2) is 7.98. The van der Waals surface area contributed by atoms with Crippen LogP contribution in [0.5, 0.6) is 5.75 Å². The summed E-state index contributed by atoms with van der Waals surface area (Å²) in [7, 11) is 0. The van der Waals surface area contributed by atoms with Gasteiger partial charge < -0.3 is 9.64 Å². The minimum absolute atomic E-state index is 0.0358. The minimum Gasteiger partial charge on any atom is -0.484 e. The van der Waals surface area contributed by atoms with Crippen molar-refractivity contribution >= 4 is 17.5 Å². The first-order valence-electron chi connectivity index (χ1n) is 6.33. The van der Waals surface area contributed by atoms with E-state index in [4.69, 9.17) is 16.3 Å². The maximum Gasteiger partial charge on any atom is 0.260 e. The van der Waals surface area contributed by atoms with Gasteiger partial charge in [0.1, 0.15) is 5.75 Å². The molecule has 0 bridgehead atoms. The monoisotopic (exact) mass is 269 g/mol. The molecular weight excluding hydrogens is 250 g/mol. The largest absolute Gasteiger partial charge is 0.484 e. The number of hydrogen-bond donors (Lipinski definition) is 0. The molecule has 1 aromatic carbocycles. The van der Waals surface area contributed by atoms with Crippen LogP contribution in [0.3, 0.4) is 0 Å². The maximum absolute atomic E-state index is 11.9. The number of carbonyl (C=O) groups is 1. The van der Waals surface area contributed by atoms with Crippen molar-refractivity contribution in [2.75, 3.05) is 19.7 Å². The Bertz CT molecular complexity index is 359. The Morgan fingerprint density at radius 1 is 1.17 bits per heavy atom. The fourth-order valence-corrected chi connectivity index (χ4v) is 1.79. The Balaban J connectivity index is 2.45. The van der Waals surface area contributed by atoms with Crippen molar-refractivity contribution in [2.45, 2.75) is 26.7 Å². The molecule has 0 saturated carbocycles. The quantitative estimate of drug-likeness (QED) is 0.760. The van der Waals surface area contributed by atoms with Gasteiger partial charge in [-0.25, -0.2) is 0 Å². The van der Waals surface area contributed by atoms with Gasteiger partial charge in [-0.2, -0.15) is 0 Å². The molecule has 0 atom stereocenters. The van der Waals surface area contributed by atoms with Crippen LogP contribution in [-0.2, 0) is 4.79 Å². The SMILES string of the molecule is CCCN(CCC)C(=O)COc1ccc(Cl)cc1. The Morgan fingerprint density at radius 3 is 2.22 bits per heavy atom. The van der Waals surface area contributed by atoms with E-state index in [9.17, 15) is 4.79 Å². The molecule has 0 aliphatic rings. The summed E-state index contributed by atoms with van der Waals surface area (Å²) in [5, 5.41) is 0.660. The molecule has 1 amide bonds. The molecule has 100 valence electrons. The third kappa shape index (κ3) is 4.96. The highest BCUT2D eigenvalue weighted by atomic mass is 35.5. The normalized spacial score (nSPS) is 10.2. The maximum atomic E-state index is 11.9. The Kier molecular flexibility index (Phi) is 6.58. The van der Waals surface area contributed by atoms with E-state index in [2.05, 4.69) is 13.8 Å². The number of nitrogens with zero attached hydrogens (tertiary/aromatic N) is 1. The van der Waals surface area contributed by atoms with E-state index >= 15 is 0 Å². The number of benzene rings is 1. The third-order valence-electron chi connectivity index (χ3n) is 2.52. The molecule has 0 heterocycles. The van der Waals surface area contributed by atoms with E-state index in [1.54, 1.807) is 24.3 Å². The second-order valence-electron chi connectivity index (χ2n) is 4.12.